The van der Waals surface area contributed by atoms with Crippen molar-refractivity contribution in [2.24, 2.45) is 0 Å². The molecule has 2 nitrogen and oxygen atoms in total. The Bertz CT molecular complexity index is 625. The lowest BCUT2D eigenvalue weighted by Crippen LogP contribution is -2.05. The van der Waals surface area contributed by atoms with Crippen LogP contribution >= 0.6 is 0 Å². The maximum atomic E-state index is 13.8. The smallest absolute Gasteiger partial charge is 0.146 e. The van der Waals surface area contributed by atoms with Gasteiger partial charge in [-0.25, -0.2) is 8.78 Å². The second kappa shape index (κ2) is 5.49. The topological polar surface area (TPSA) is 35.8 Å². The molecule has 0 heterocycles. The van der Waals surface area contributed by atoms with E-state index >= 15 is 0 Å². The van der Waals surface area contributed by atoms with E-state index in [-0.39, 0.29) is 17.9 Å². The highest BCUT2D eigenvalue weighted by molar-refractivity contribution is 5.52. The summed E-state index contributed by atoms with van der Waals surface area (Å²) >= 11 is 0. The Morgan fingerprint density at radius 1 is 1.16 bits per heavy atom. The molecule has 1 N–H and O–H groups in total. The van der Waals surface area contributed by atoms with Crippen LogP contribution in [0.15, 0.2) is 36.4 Å². The summed E-state index contributed by atoms with van der Waals surface area (Å²) in [6.07, 6.45) is 0. The van der Waals surface area contributed by atoms with Gasteiger partial charge >= 0.3 is 0 Å². The average Bonchev–Trinajstić information content (AvgIpc) is 2.40. The number of nitriles is 1. The number of halogens is 2. The summed E-state index contributed by atoms with van der Waals surface area (Å²) in [7, 11) is 0. The van der Waals surface area contributed by atoms with Crippen LogP contribution in [0.5, 0.6) is 0 Å². The number of aryl methyl sites for hydroxylation is 1. The van der Waals surface area contributed by atoms with Crippen molar-refractivity contribution < 1.29 is 8.78 Å². The molecule has 0 amide bonds. The number of nitrogens with zero attached hydrogens (tertiary/aromatic N) is 1. The van der Waals surface area contributed by atoms with Gasteiger partial charge in [-0.05, 0) is 24.6 Å². The SMILES string of the molecule is Cc1cccc(F)c1NCc1cccc(C#N)c1F. The molecule has 0 saturated carbocycles. The fraction of sp³-hybridized carbons (Fsp3) is 0.133. The lowest BCUT2D eigenvalue weighted by molar-refractivity contribution is 0.607. The van der Waals surface area contributed by atoms with Crippen molar-refractivity contribution in [3.8, 4) is 6.07 Å². The molecule has 0 aliphatic carbocycles. The normalized spacial score (nSPS) is 10.0. The summed E-state index contributed by atoms with van der Waals surface area (Å²) in [5.41, 5.74) is 1.42. The number of rotatable bonds is 3. The molecule has 0 bridgehead atoms. The largest absolute Gasteiger partial charge is 0.378 e. The van der Waals surface area contributed by atoms with Crippen molar-refractivity contribution in [2.45, 2.75) is 13.5 Å². The van der Waals surface area contributed by atoms with Crippen molar-refractivity contribution in [2.75, 3.05) is 5.32 Å². The van der Waals surface area contributed by atoms with Crippen LogP contribution in [0.3, 0.4) is 0 Å². The minimum Gasteiger partial charge on any atom is -0.378 e. The highest BCUT2D eigenvalue weighted by Crippen LogP contribution is 2.20. The molecule has 0 fully saturated rings. The van der Waals surface area contributed by atoms with Gasteiger partial charge in [-0.1, -0.05) is 24.3 Å². The maximum absolute atomic E-state index is 13.8. The number of hydrogen-bond acceptors (Lipinski definition) is 2. The molecule has 0 aliphatic heterocycles. The first-order chi connectivity index (χ1) is 9.13. The lowest BCUT2D eigenvalue weighted by atomic mass is 10.1. The van der Waals surface area contributed by atoms with Gasteiger partial charge in [0.25, 0.3) is 0 Å². The van der Waals surface area contributed by atoms with Crippen molar-refractivity contribution in [3.05, 3.63) is 64.7 Å². The number of hydrogen-bond donors (Lipinski definition) is 1. The van der Waals surface area contributed by atoms with Gasteiger partial charge in [0, 0.05) is 12.1 Å². The third kappa shape index (κ3) is 2.71. The molecule has 0 aliphatic rings. The Balaban J connectivity index is 2.22. The Hall–Kier alpha value is -2.41. The number of benzene rings is 2. The first-order valence-electron chi connectivity index (χ1n) is 5.80. The van der Waals surface area contributed by atoms with E-state index in [0.717, 1.165) is 5.56 Å². The Labute approximate surface area is 110 Å². The molecule has 96 valence electrons. The number of para-hydroxylation sites is 1. The van der Waals surface area contributed by atoms with Gasteiger partial charge in [0.2, 0.25) is 0 Å². The number of nitrogens with one attached hydrogen (secondary N) is 1. The Kier molecular flexibility index (Phi) is 3.76. The molecule has 2 rings (SSSR count). The van der Waals surface area contributed by atoms with E-state index in [0.29, 0.717) is 11.3 Å². The summed E-state index contributed by atoms with van der Waals surface area (Å²) in [6, 6.07) is 11.1. The second-order valence-electron chi connectivity index (χ2n) is 4.18. The van der Waals surface area contributed by atoms with Gasteiger partial charge in [0.15, 0.2) is 0 Å². The molecule has 4 heteroatoms. The van der Waals surface area contributed by atoms with Gasteiger partial charge in [-0.2, -0.15) is 5.26 Å². The molecule has 0 unspecified atom stereocenters. The third-order valence-corrected chi connectivity index (χ3v) is 2.88. The zero-order valence-electron chi connectivity index (χ0n) is 10.4. The minimum absolute atomic E-state index is 0.00967. The fourth-order valence-electron chi connectivity index (χ4n) is 1.84. The summed E-state index contributed by atoms with van der Waals surface area (Å²) in [6.45, 7) is 1.90. The average molecular weight is 258 g/mol. The van der Waals surface area contributed by atoms with Crippen molar-refractivity contribution in [1.29, 1.82) is 5.26 Å². The molecule has 0 saturated heterocycles. The van der Waals surface area contributed by atoms with Gasteiger partial charge in [-0.3, -0.25) is 0 Å². The highest BCUT2D eigenvalue weighted by atomic mass is 19.1. The summed E-state index contributed by atoms with van der Waals surface area (Å²) < 4.78 is 27.4. The molecular formula is C15H12F2N2. The first-order valence-corrected chi connectivity index (χ1v) is 5.80. The van der Waals surface area contributed by atoms with E-state index in [2.05, 4.69) is 5.32 Å². The van der Waals surface area contributed by atoms with E-state index in [1.54, 1.807) is 37.3 Å². The second-order valence-corrected chi connectivity index (χ2v) is 4.18. The molecule has 0 aromatic heterocycles. The van der Waals surface area contributed by atoms with Crippen LogP contribution in [0.1, 0.15) is 16.7 Å². The minimum atomic E-state index is -0.563. The summed E-state index contributed by atoms with van der Waals surface area (Å²) in [4.78, 5) is 0. The quantitative estimate of drug-likeness (QED) is 0.909. The van der Waals surface area contributed by atoms with Crippen LogP contribution in [0, 0.1) is 29.9 Å². The van der Waals surface area contributed by atoms with Gasteiger partial charge < -0.3 is 5.32 Å². The van der Waals surface area contributed by atoms with Crippen molar-refractivity contribution in [3.63, 3.8) is 0 Å². The molecule has 0 atom stereocenters. The van der Waals surface area contributed by atoms with Crippen LogP contribution in [-0.2, 0) is 6.54 Å². The standard InChI is InChI=1S/C15H12F2N2/c1-10-4-2-7-13(16)15(10)19-9-12-6-3-5-11(8-18)14(12)17/h2-7,19H,9H2,1H3. The molecule has 19 heavy (non-hydrogen) atoms. The van der Waals surface area contributed by atoms with Crippen LogP contribution in [0.25, 0.3) is 0 Å². The predicted molar refractivity (Wildman–Crippen MR) is 69.6 cm³/mol. The van der Waals surface area contributed by atoms with Crippen molar-refractivity contribution in [1.82, 2.24) is 0 Å². The monoisotopic (exact) mass is 258 g/mol. The number of anilines is 1. The zero-order chi connectivity index (χ0) is 13.8. The Morgan fingerprint density at radius 2 is 1.89 bits per heavy atom. The highest BCUT2D eigenvalue weighted by Gasteiger charge is 2.09. The molecule has 2 aromatic rings. The van der Waals surface area contributed by atoms with Gasteiger partial charge in [0.05, 0.1) is 11.3 Å². The predicted octanol–water partition coefficient (Wildman–Crippen LogP) is 3.76. The van der Waals surface area contributed by atoms with E-state index < -0.39 is 5.82 Å². The van der Waals surface area contributed by atoms with Crippen LogP contribution in [0.2, 0.25) is 0 Å². The maximum Gasteiger partial charge on any atom is 0.146 e. The molecule has 0 spiro atoms. The van der Waals surface area contributed by atoms with Gasteiger partial charge in [0.1, 0.15) is 17.7 Å². The molecule has 2 aromatic carbocycles. The van der Waals surface area contributed by atoms with Gasteiger partial charge in [-0.15, -0.1) is 0 Å². The van der Waals surface area contributed by atoms with Crippen molar-refractivity contribution >= 4 is 5.69 Å². The molecule has 0 radical (unpaired) electrons. The zero-order valence-corrected chi connectivity index (χ0v) is 10.4. The van der Waals surface area contributed by atoms with Crippen LogP contribution in [-0.4, -0.2) is 0 Å². The summed E-state index contributed by atoms with van der Waals surface area (Å²) in [5, 5.41) is 11.6. The molecular weight excluding hydrogens is 246 g/mol. The Morgan fingerprint density at radius 3 is 2.58 bits per heavy atom. The first kappa shape index (κ1) is 13.0. The van der Waals surface area contributed by atoms with E-state index in [1.165, 1.54) is 12.1 Å². The van der Waals surface area contributed by atoms with E-state index in [9.17, 15) is 8.78 Å². The third-order valence-electron chi connectivity index (χ3n) is 2.88. The fourth-order valence-corrected chi connectivity index (χ4v) is 1.84. The lowest BCUT2D eigenvalue weighted by Gasteiger charge is -2.11. The van der Waals surface area contributed by atoms with Crippen LogP contribution in [0.4, 0.5) is 14.5 Å². The van der Waals surface area contributed by atoms with E-state index in [1.807, 2.05) is 0 Å². The van der Waals surface area contributed by atoms with Crippen LogP contribution < -0.4 is 5.32 Å². The van der Waals surface area contributed by atoms with E-state index in [4.69, 9.17) is 5.26 Å². The summed E-state index contributed by atoms with van der Waals surface area (Å²) in [5.74, 6) is -0.941.